The van der Waals surface area contributed by atoms with E-state index in [1.807, 2.05) is 65.6 Å². The van der Waals surface area contributed by atoms with Crippen LogP contribution >= 0.6 is 0 Å². The molecule has 1 aliphatic rings. The average molecular weight is 546 g/mol. The van der Waals surface area contributed by atoms with Crippen molar-refractivity contribution < 1.29 is 14.0 Å². The van der Waals surface area contributed by atoms with Gasteiger partial charge in [-0.05, 0) is 53.8 Å². The van der Waals surface area contributed by atoms with Crippen molar-refractivity contribution in [2.45, 2.75) is 25.3 Å². The number of para-hydroxylation sites is 1. The lowest BCUT2D eigenvalue weighted by Gasteiger charge is -2.37. The van der Waals surface area contributed by atoms with Crippen LogP contribution in [-0.4, -0.2) is 46.2 Å². The first-order valence-corrected chi connectivity index (χ1v) is 14.1. The van der Waals surface area contributed by atoms with Gasteiger partial charge in [0.15, 0.2) is 0 Å². The maximum Gasteiger partial charge on any atom is 0.253 e. The molecule has 2 heterocycles. The number of rotatable bonds is 8. The van der Waals surface area contributed by atoms with E-state index in [1.54, 1.807) is 17.0 Å². The predicted octanol–water partition coefficient (Wildman–Crippen LogP) is 6.56. The molecule has 6 heteroatoms. The Kier molecular flexibility index (Phi) is 7.63. The van der Waals surface area contributed by atoms with E-state index in [0.717, 1.165) is 28.8 Å². The Hall–Kier alpha value is -4.71. The number of amides is 2. The second kappa shape index (κ2) is 11.8. The van der Waals surface area contributed by atoms with Crippen LogP contribution in [0.2, 0.25) is 0 Å². The van der Waals surface area contributed by atoms with Crippen LogP contribution in [-0.2, 0) is 17.6 Å². The van der Waals surface area contributed by atoms with E-state index in [-0.39, 0.29) is 36.4 Å². The Morgan fingerprint density at radius 1 is 0.854 bits per heavy atom. The molecule has 206 valence electrons. The smallest absolute Gasteiger partial charge is 0.253 e. The molecule has 4 aromatic carbocycles. The number of aromatic amines is 1. The minimum atomic E-state index is -0.455. The van der Waals surface area contributed by atoms with Crippen LogP contribution < -0.4 is 0 Å². The number of carbonyl (C=O) groups is 2. The van der Waals surface area contributed by atoms with Crippen molar-refractivity contribution in [3.8, 4) is 0 Å². The van der Waals surface area contributed by atoms with Crippen LogP contribution in [0.3, 0.4) is 0 Å². The van der Waals surface area contributed by atoms with E-state index >= 15 is 0 Å². The van der Waals surface area contributed by atoms with Gasteiger partial charge in [0.05, 0.1) is 6.04 Å². The van der Waals surface area contributed by atoms with E-state index in [4.69, 9.17) is 0 Å². The highest BCUT2D eigenvalue weighted by Gasteiger charge is 2.34. The van der Waals surface area contributed by atoms with Crippen LogP contribution in [0.1, 0.15) is 45.2 Å². The fourth-order valence-corrected chi connectivity index (χ4v) is 5.89. The first kappa shape index (κ1) is 26.5. The molecular weight excluding hydrogens is 513 g/mol. The summed E-state index contributed by atoms with van der Waals surface area (Å²) in [5.41, 5.74) is 5.81. The van der Waals surface area contributed by atoms with Crippen molar-refractivity contribution in [3.63, 3.8) is 0 Å². The van der Waals surface area contributed by atoms with E-state index in [9.17, 15) is 14.0 Å². The fraction of sp³-hybridized carbons (Fsp3) is 0.200. The van der Waals surface area contributed by atoms with Gasteiger partial charge in [0.2, 0.25) is 5.91 Å². The summed E-state index contributed by atoms with van der Waals surface area (Å²) in [6, 6.07) is 33.8. The molecule has 1 N–H and O–H groups in total. The quantitative estimate of drug-likeness (QED) is 0.240. The molecule has 5 aromatic rings. The summed E-state index contributed by atoms with van der Waals surface area (Å²) in [7, 11) is 0. The van der Waals surface area contributed by atoms with Crippen molar-refractivity contribution in [2.75, 3.05) is 19.6 Å². The average Bonchev–Trinajstić information content (AvgIpc) is 3.40. The number of hydrogen-bond acceptors (Lipinski definition) is 2. The van der Waals surface area contributed by atoms with E-state index < -0.39 is 5.82 Å². The van der Waals surface area contributed by atoms with Gasteiger partial charge >= 0.3 is 0 Å². The normalized spacial score (nSPS) is 14.6. The predicted molar refractivity (Wildman–Crippen MR) is 159 cm³/mol. The number of carbonyl (C=O) groups excluding carboxylic acids is 2. The summed E-state index contributed by atoms with van der Waals surface area (Å²) in [6.45, 7) is 1.27. The zero-order valence-corrected chi connectivity index (χ0v) is 22.8. The van der Waals surface area contributed by atoms with Gasteiger partial charge in [-0.25, -0.2) is 4.39 Å². The summed E-state index contributed by atoms with van der Waals surface area (Å²) in [6.07, 6.45) is 1.58. The zero-order valence-electron chi connectivity index (χ0n) is 22.8. The number of halogens is 1. The van der Waals surface area contributed by atoms with Gasteiger partial charge in [0.1, 0.15) is 5.82 Å². The molecule has 6 rings (SSSR count). The Balaban J connectivity index is 1.25. The minimum Gasteiger partial charge on any atom is -0.356 e. The fourth-order valence-electron chi connectivity index (χ4n) is 5.89. The number of fused-ring (bicyclic) bond motifs is 3. The second-order valence-electron chi connectivity index (χ2n) is 10.5. The first-order chi connectivity index (χ1) is 20.1. The summed E-state index contributed by atoms with van der Waals surface area (Å²) < 4.78 is 14.0. The van der Waals surface area contributed by atoms with Crippen molar-refractivity contribution >= 4 is 22.7 Å². The lowest BCUT2D eigenvalue weighted by atomic mass is 9.92. The van der Waals surface area contributed by atoms with Gasteiger partial charge in [0.25, 0.3) is 5.91 Å². The molecule has 5 nitrogen and oxygen atoms in total. The molecule has 1 aliphatic heterocycles. The number of hydrogen-bond donors (Lipinski definition) is 1. The molecule has 0 saturated heterocycles. The molecule has 2 amide bonds. The van der Waals surface area contributed by atoms with E-state index in [2.05, 4.69) is 29.2 Å². The summed E-state index contributed by atoms with van der Waals surface area (Å²) in [4.78, 5) is 34.6. The van der Waals surface area contributed by atoms with Gasteiger partial charge in [0, 0.05) is 48.2 Å². The van der Waals surface area contributed by atoms with E-state index in [0.29, 0.717) is 19.5 Å². The first-order valence-electron chi connectivity index (χ1n) is 14.1. The highest BCUT2D eigenvalue weighted by atomic mass is 19.1. The van der Waals surface area contributed by atoms with Gasteiger partial charge in [-0.1, -0.05) is 84.9 Å². The molecule has 0 fully saturated rings. The summed E-state index contributed by atoms with van der Waals surface area (Å²) in [5, 5.41) is 1.20. The highest BCUT2D eigenvalue weighted by Crippen LogP contribution is 2.38. The summed E-state index contributed by atoms with van der Waals surface area (Å²) >= 11 is 0. The van der Waals surface area contributed by atoms with Crippen LogP contribution in [0.5, 0.6) is 0 Å². The Morgan fingerprint density at radius 2 is 1.59 bits per heavy atom. The molecule has 0 spiro atoms. The number of nitrogens with one attached hydrogen (secondary N) is 1. The lowest BCUT2D eigenvalue weighted by Crippen LogP contribution is -2.43. The largest absolute Gasteiger partial charge is 0.356 e. The van der Waals surface area contributed by atoms with E-state index in [1.165, 1.54) is 23.1 Å². The number of H-pyrrole nitrogens is 1. The topological polar surface area (TPSA) is 56.4 Å². The Morgan fingerprint density at radius 3 is 2.37 bits per heavy atom. The van der Waals surface area contributed by atoms with Gasteiger partial charge in [-0.3, -0.25) is 9.59 Å². The Labute approximate surface area is 239 Å². The number of benzene rings is 4. The third-order valence-electron chi connectivity index (χ3n) is 7.94. The molecule has 1 aromatic heterocycles. The standard InChI is InChI=1S/C35H32FN3O2/c36-28-15-9-14-27(24-28)35(41)38(21-18-25-10-3-1-4-11-25)22-20-32(40)39-23-19-30-29-16-7-8-17-31(29)37-33(30)34(39)26-12-5-2-6-13-26/h1-17,24,34,37H,18-23H2. The lowest BCUT2D eigenvalue weighted by molar-refractivity contribution is -0.133. The van der Waals surface area contributed by atoms with Crippen molar-refractivity contribution in [1.82, 2.24) is 14.8 Å². The van der Waals surface area contributed by atoms with Gasteiger partial charge in [-0.2, -0.15) is 0 Å². The SMILES string of the molecule is O=C(c1cccc(F)c1)N(CCC(=O)N1CCc2c([nH]c3ccccc23)C1c1ccccc1)CCc1ccccc1. The molecule has 1 atom stereocenters. The molecule has 0 bridgehead atoms. The number of nitrogens with zero attached hydrogens (tertiary/aromatic N) is 2. The van der Waals surface area contributed by atoms with Crippen LogP contribution in [0, 0.1) is 5.82 Å². The van der Waals surface area contributed by atoms with Crippen LogP contribution in [0.15, 0.2) is 109 Å². The molecule has 1 unspecified atom stereocenters. The number of aromatic nitrogens is 1. The van der Waals surface area contributed by atoms with Crippen molar-refractivity contribution in [1.29, 1.82) is 0 Å². The minimum absolute atomic E-state index is 0.0140. The van der Waals surface area contributed by atoms with Gasteiger partial charge < -0.3 is 14.8 Å². The summed E-state index contributed by atoms with van der Waals surface area (Å²) in [5.74, 6) is -0.743. The second-order valence-corrected chi connectivity index (χ2v) is 10.5. The third kappa shape index (κ3) is 5.64. The molecule has 0 saturated carbocycles. The van der Waals surface area contributed by atoms with Gasteiger partial charge in [-0.15, -0.1) is 0 Å². The van der Waals surface area contributed by atoms with Crippen molar-refractivity contribution in [3.05, 3.63) is 143 Å². The molecule has 0 aliphatic carbocycles. The molecular formula is C35H32FN3O2. The van der Waals surface area contributed by atoms with Crippen LogP contribution in [0.4, 0.5) is 4.39 Å². The third-order valence-corrected chi connectivity index (χ3v) is 7.94. The highest BCUT2D eigenvalue weighted by molar-refractivity contribution is 5.94. The maximum absolute atomic E-state index is 14.0. The zero-order chi connectivity index (χ0) is 28.2. The molecule has 41 heavy (non-hydrogen) atoms. The molecule has 0 radical (unpaired) electrons. The maximum atomic E-state index is 14.0. The Bertz CT molecular complexity index is 1670. The van der Waals surface area contributed by atoms with Crippen LogP contribution in [0.25, 0.3) is 10.9 Å². The van der Waals surface area contributed by atoms with Crippen molar-refractivity contribution in [2.24, 2.45) is 0 Å². The monoisotopic (exact) mass is 545 g/mol.